The summed E-state index contributed by atoms with van der Waals surface area (Å²) in [6.07, 6.45) is 0. The maximum atomic E-state index is 4.75. The van der Waals surface area contributed by atoms with Crippen molar-refractivity contribution in [3.8, 4) is 0 Å². The predicted octanol–water partition coefficient (Wildman–Crippen LogP) is 0.926. The second-order valence-corrected chi connectivity index (χ2v) is 2.05. The van der Waals surface area contributed by atoms with Crippen molar-refractivity contribution in [2.75, 3.05) is 0 Å². The van der Waals surface area contributed by atoms with E-state index in [0.717, 1.165) is 5.69 Å². The Morgan fingerprint density at radius 2 is 2.30 bits per heavy atom. The highest BCUT2D eigenvalue weighted by molar-refractivity contribution is 5.65. The van der Waals surface area contributed by atoms with E-state index in [1.54, 1.807) is 6.07 Å². The normalized spacial score (nSPS) is 10.5. The van der Waals surface area contributed by atoms with Gasteiger partial charge < -0.3 is 4.52 Å². The zero-order valence-corrected chi connectivity index (χ0v) is 5.40. The third-order valence-electron chi connectivity index (χ3n) is 1.25. The van der Waals surface area contributed by atoms with Gasteiger partial charge in [-0.25, -0.2) is 4.98 Å². The smallest absolute Gasteiger partial charge is 0.223 e. The van der Waals surface area contributed by atoms with Gasteiger partial charge >= 0.3 is 0 Å². The van der Waals surface area contributed by atoms with Gasteiger partial charge in [-0.15, -0.1) is 0 Å². The van der Waals surface area contributed by atoms with Crippen molar-refractivity contribution in [1.29, 1.82) is 0 Å². The Balaban J connectivity index is 2.86. The van der Waals surface area contributed by atoms with Gasteiger partial charge in [0.25, 0.3) is 0 Å². The average Bonchev–Trinajstić information content (AvgIpc) is 2.33. The fourth-order valence-electron chi connectivity index (χ4n) is 0.776. The summed E-state index contributed by atoms with van der Waals surface area (Å²) in [6, 6.07) is 3.66. The molecule has 0 radical (unpaired) electrons. The molecule has 0 aromatic carbocycles. The monoisotopic (exact) mass is 135 g/mol. The average molecular weight is 135 g/mol. The standard InChI is InChI=1S/C6H5N3O/c1-4-2-3-5-6(7-4)8-9-10-5/h2-3H,1H3. The van der Waals surface area contributed by atoms with E-state index in [2.05, 4.69) is 15.4 Å². The van der Waals surface area contributed by atoms with Gasteiger partial charge in [0, 0.05) is 11.0 Å². The second-order valence-electron chi connectivity index (χ2n) is 2.05. The Bertz CT molecular complexity index is 355. The third-order valence-corrected chi connectivity index (χ3v) is 1.25. The van der Waals surface area contributed by atoms with Gasteiger partial charge in [0.15, 0.2) is 0 Å². The predicted molar refractivity (Wildman–Crippen MR) is 34.3 cm³/mol. The van der Waals surface area contributed by atoms with Crippen molar-refractivity contribution in [1.82, 2.24) is 15.4 Å². The largest absolute Gasteiger partial charge is 0.335 e. The summed E-state index contributed by atoms with van der Waals surface area (Å²) in [5, 5.41) is 7.01. The van der Waals surface area contributed by atoms with Gasteiger partial charge in [0.2, 0.25) is 11.2 Å². The van der Waals surface area contributed by atoms with Crippen LogP contribution in [0.15, 0.2) is 16.7 Å². The van der Waals surface area contributed by atoms with Crippen LogP contribution in [0, 0.1) is 6.92 Å². The Morgan fingerprint density at radius 3 is 3.20 bits per heavy atom. The molecule has 0 saturated heterocycles. The van der Waals surface area contributed by atoms with Gasteiger partial charge in [0.1, 0.15) is 0 Å². The Kier molecular flexibility index (Phi) is 0.943. The lowest BCUT2D eigenvalue weighted by Gasteiger charge is -1.85. The molecule has 10 heavy (non-hydrogen) atoms. The molecular formula is C6H5N3O. The molecule has 2 aromatic rings. The van der Waals surface area contributed by atoms with E-state index >= 15 is 0 Å². The number of fused-ring (bicyclic) bond motifs is 1. The van der Waals surface area contributed by atoms with Gasteiger partial charge in [-0.3, -0.25) is 0 Å². The summed E-state index contributed by atoms with van der Waals surface area (Å²) in [5.41, 5.74) is 2.12. The van der Waals surface area contributed by atoms with Crippen molar-refractivity contribution in [2.45, 2.75) is 6.92 Å². The molecule has 2 rings (SSSR count). The van der Waals surface area contributed by atoms with E-state index in [9.17, 15) is 0 Å². The molecule has 2 heterocycles. The van der Waals surface area contributed by atoms with Crippen molar-refractivity contribution >= 4 is 11.2 Å². The molecule has 0 N–H and O–H groups in total. The van der Waals surface area contributed by atoms with E-state index < -0.39 is 0 Å². The highest BCUT2D eigenvalue weighted by atomic mass is 16.5. The van der Waals surface area contributed by atoms with E-state index in [4.69, 9.17) is 4.52 Å². The van der Waals surface area contributed by atoms with Gasteiger partial charge in [-0.05, 0) is 19.1 Å². The minimum absolute atomic E-state index is 0.569. The van der Waals surface area contributed by atoms with E-state index in [1.165, 1.54) is 0 Å². The number of nitrogens with zero attached hydrogens (tertiary/aromatic N) is 3. The lowest BCUT2D eigenvalue weighted by atomic mass is 10.4. The van der Waals surface area contributed by atoms with Gasteiger partial charge in [-0.2, -0.15) is 0 Å². The van der Waals surface area contributed by atoms with Crippen LogP contribution < -0.4 is 0 Å². The molecule has 0 aliphatic heterocycles. The minimum Gasteiger partial charge on any atom is -0.335 e. The molecule has 2 aromatic heterocycles. The number of pyridine rings is 1. The third kappa shape index (κ3) is 0.655. The Labute approximate surface area is 56.9 Å². The molecule has 0 saturated carbocycles. The molecule has 0 aliphatic rings. The molecule has 0 unspecified atom stereocenters. The van der Waals surface area contributed by atoms with Crippen LogP contribution in [0.4, 0.5) is 0 Å². The van der Waals surface area contributed by atoms with Crippen molar-refractivity contribution in [2.24, 2.45) is 0 Å². The molecule has 0 fully saturated rings. The Hall–Kier alpha value is -1.45. The van der Waals surface area contributed by atoms with Crippen LogP contribution in [0.3, 0.4) is 0 Å². The second kappa shape index (κ2) is 1.76. The fraction of sp³-hybridized carbons (Fsp3) is 0.167. The number of rotatable bonds is 0. The van der Waals surface area contributed by atoms with Crippen LogP contribution in [-0.4, -0.2) is 15.4 Å². The Morgan fingerprint density at radius 1 is 1.40 bits per heavy atom. The van der Waals surface area contributed by atoms with E-state index in [-0.39, 0.29) is 0 Å². The molecule has 0 amide bonds. The summed E-state index contributed by atoms with van der Waals surface area (Å²) in [7, 11) is 0. The number of hydrogen-bond acceptors (Lipinski definition) is 4. The quantitative estimate of drug-likeness (QED) is 0.539. The van der Waals surface area contributed by atoms with Crippen molar-refractivity contribution < 1.29 is 4.52 Å². The maximum absolute atomic E-state index is 4.75. The number of hydrogen-bond donors (Lipinski definition) is 0. The number of aromatic nitrogens is 3. The van der Waals surface area contributed by atoms with Gasteiger partial charge in [-0.1, -0.05) is 5.10 Å². The van der Waals surface area contributed by atoms with Crippen LogP contribution in [-0.2, 0) is 0 Å². The first-order valence-corrected chi connectivity index (χ1v) is 2.92. The SMILES string of the molecule is Cc1ccc2onnc2n1. The minimum atomic E-state index is 0.569. The summed E-state index contributed by atoms with van der Waals surface area (Å²) < 4.78 is 4.75. The molecule has 0 bridgehead atoms. The summed E-state index contributed by atoms with van der Waals surface area (Å²) in [4.78, 5) is 4.07. The summed E-state index contributed by atoms with van der Waals surface area (Å²) >= 11 is 0. The van der Waals surface area contributed by atoms with Crippen LogP contribution in [0.2, 0.25) is 0 Å². The molecule has 4 nitrogen and oxygen atoms in total. The van der Waals surface area contributed by atoms with E-state index in [0.29, 0.717) is 11.2 Å². The van der Waals surface area contributed by atoms with Crippen LogP contribution in [0.25, 0.3) is 11.2 Å². The molecule has 50 valence electrons. The molecule has 0 atom stereocenters. The highest BCUT2D eigenvalue weighted by Crippen LogP contribution is 2.06. The molecule has 0 spiro atoms. The topological polar surface area (TPSA) is 51.8 Å². The molecular weight excluding hydrogens is 130 g/mol. The zero-order valence-electron chi connectivity index (χ0n) is 5.40. The van der Waals surface area contributed by atoms with Crippen molar-refractivity contribution in [3.63, 3.8) is 0 Å². The summed E-state index contributed by atoms with van der Waals surface area (Å²) in [6.45, 7) is 1.90. The number of aryl methyl sites for hydroxylation is 1. The van der Waals surface area contributed by atoms with Crippen molar-refractivity contribution in [3.05, 3.63) is 17.8 Å². The lowest BCUT2D eigenvalue weighted by molar-refractivity contribution is 0.424. The lowest BCUT2D eigenvalue weighted by Crippen LogP contribution is -1.79. The highest BCUT2D eigenvalue weighted by Gasteiger charge is 1.98. The van der Waals surface area contributed by atoms with Crippen LogP contribution >= 0.6 is 0 Å². The maximum Gasteiger partial charge on any atom is 0.223 e. The van der Waals surface area contributed by atoms with E-state index in [1.807, 2.05) is 13.0 Å². The molecule has 0 aliphatic carbocycles. The first-order chi connectivity index (χ1) is 4.86. The van der Waals surface area contributed by atoms with Crippen LogP contribution in [0.5, 0.6) is 0 Å². The van der Waals surface area contributed by atoms with Gasteiger partial charge in [0.05, 0.1) is 0 Å². The van der Waals surface area contributed by atoms with Crippen LogP contribution in [0.1, 0.15) is 5.69 Å². The first kappa shape index (κ1) is 5.34. The molecule has 4 heteroatoms. The zero-order chi connectivity index (χ0) is 6.97. The first-order valence-electron chi connectivity index (χ1n) is 2.92. The summed E-state index contributed by atoms with van der Waals surface area (Å²) in [5.74, 6) is 0. The fourth-order valence-corrected chi connectivity index (χ4v) is 0.776.